The Morgan fingerprint density at radius 3 is 2.65 bits per heavy atom. The topological polar surface area (TPSA) is 34.1 Å². The molecule has 1 heterocycles. The molecule has 17 heavy (non-hydrogen) atoms. The van der Waals surface area contributed by atoms with E-state index in [2.05, 4.69) is 24.1 Å². The summed E-state index contributed by atoms with van der Waals surface area (Å²) < 4.78 is 5.85. The SMILES string of the molecule is CCCNC(CC)C(OCC)c1ccccn1. The maximum absolute atomic E-state index is 5.85. The molecule has 0 saturated carbocycles. The van der Waals surface area contributed by atoms with Gasteiger partial charge in [-0.15, -0.1) is 0 Å². The highest BCUT2D eigenvalue weighted by molar-refractivity contribution is 5.09. The molecule has 2 unspecified atom stereocenters. The number of aromatic nitrogens is 1. The molecule has 0 aliphatic carbocycles. The smallest absolute Gasteiger partial charge is 0.115 e. The quantitative estimate of drug-likeness (QED) is 0.753. The predicted octanol–water partition coefficient (Wildman–Crippen LogP) is 2.94. The van der Waals surface area contributed by atoms with Crippen molar-refractivity contribution in [3.63, 3.8) is 0 Å². The van der Waals surface area contributed by atoms with Crippen LogP contribution in [0.3, 0.4) is 0 Å². The van der Waals surface area contributed by atoms with Crippen LogP contribution in [0.15, 0.2) is 24.4 Å². The lowest BCUT2D eigenvalue weighted by atomic mass is 10.0. The summed E-state index contributed by atoms with van der Waals surface area (Å²) in [5.41, 5.74) is 1.02. The van der Waals surface area contributed by atoms with Crippen molar-refractivity contribution in [2.45, 2.75) is 45.8 Å². The molecule has 0 amide bonds. The van der Waals surface area contributed by atoms with Crippen molar-refractivity contribution in [1.29, 1.82) is 0 Å². The highest BCUT2D eigenvalue weighted by Crippen LogP contribution is 2.21. The number of rotatable bonds is 8. The summed E-state index contributed by atoms with van der Waals surface area (Å²) >= 11 is 0. The minimum absolute atomic E-state index is 0.0535. The molecule has 96 valence electrons. The summed E-state index contributed by atoms with van der Waals surface area (Å²) in [5, 5.41) is 3.54. The average molecular weight is 236 g/mol. The van der Waals surface area contributed by atoms with E-state index < -0.39 is 0 Å². The summed E-state index contributed by atoms with van der Waals surface area (Å²) in [6.45, 7) is 8.13. The van der Waals surface area contributed by atoms with E-state index in [4.69, 9.17) is 4.74 Å². The molecular weight excluding hydrogens is 212 g/mol. The van der Waals surface area contributed by atoms with E-state index in [1.807, 2.05) is 31.3 Å². The zero-order valence-electron chi connectivity index (χ0n) is 11.1. The van der Waals surface area contributed by atoms with Gasteiger partial charge >= 0.3 is 0 Å². The fourth-order valence-electron chi connectivity index (χ4n) is 1.93. The Hall–Kier alpha value is -0.930. The second-order valence-corrected chi connectivity index (χ2v) is 4.10. The van der Waals surface area contributed by atoms with Crippen LogP contribution in [0.4, 0.5) is 0 Å². The summed E-state index contributed by atoms with van der Waals surface area (Å²) in [6.07, 6.45) is 4.06. The molecule has 0 bridgehead atoms. The first-order valence-corrected chi connectivity index (χ1v) is 6.59. The van der Waals surface area contributed by atoms with Crippen molar-refractivity contribution in [1.82, 2.24) is 10.3 Å². The Morgan fingerprint density at radius 1 is 1.29 bits per heavy atom. The van der Waals surface area contributed by atoms with Crippen LogP contribution >= 0.6 is 0 Å². The number of hydrogen-bond acceptors (Lipinski definition) is 3. The van der Waals surface area contributed by atoms with Gasteiger partial charge in [-0.25, -0.2) is 0 Å². The largest absolute Gasteiger partial charge is 0.371 e. The number of pyridine rings is 1. The molecule has 1 aromatic heterocycles. The molecule has 3 nitrogen and oxygen atoms in total. The van der Waals surface area contributed by atoms with Gasteiger partial charge in [-0.05, 0) is 38.4 Å². The number of nitrogens with one attached hydrogen (secondary N) is 1. The highest BCUT2D eigenvalue weighted by atomic mass is 16.5. The van der Waals surface area contributed by atoms with Crippen LogP contribution in [-0.2, 0) is 4.74 Å². The highest BCUT2D eigenvalue weighted by Gasteiger charge is 2.22. The van der Waals surface area contributed by atoms with Gasteiger partial charge in [0.2, 0.25) is 0 Å². The fourth-order valence-corrected chi connectivity index (χ4v) is 1.93. The van der Waals surface area contributed by atoms with Gasteiger partial charge in [0.25, 0.3) is 0 Å². The molecule has 0 aromatic carbocycles. The van der Waals surface area contributed by atoms with E-state index >= 15 is 0 Å². The van der Waals surface area contributed by atoms with Gasteiger partial charge in [0, 0.05) is 18.8 Å². The second kappa shape index (κ2) is 8.20. The van der Waals surface area contributed by atoms with Gasteiger partial charge in [0.05, 0.1) is 5.69 Å². The first-order valence-electron chi connectivity index (χ1n) is 6.59. The number of ether oxygens (including phenoxy) is 1. The average Bonchev–Trinajstić information content (AvgIpc) is 2.39. The molecule has 0 spiro atoms. The lowest BCUT2D eigenvalue weighted by Crippen LogP contribution is -2.36. The first-order chi connectivity index (χ1) is 8.33. The lowest BCUT2D eigenvalue weighted by molar-refractivity contribution is 0.0293. The van der Waals surface area contributed by atoms with Gasteiger partial charge in [0.1, 0.15) is 6.10 Å². The van der Waals surface area contributed by atoms with Gasteiger partial charge in [0.15, 0.2) is 0 Å². The molecule has 0 aliphatic rings. The van der Waals surface area contributed by atoms with Gasteiger partial charge in [-0.2, -0.15) is 0 Å². The van der Waals surface area contributed by atoms with Crippen molar-refractivity contribution < 1.29 is 4.74 Å². The Balaban J connectivity index is 2.75. The summed E-state index contributed by atoms with van der Waals surface area (Å²) in [6, 6.07) is 6.33. The molecule has 0 aliphatic heterocycles. The molecule has 3 heteroatoms. The molecule has 1 N–H and O–H groups in total. The monoisotopic (exact) mass is 236 g/mol. The molecule has 0 saturated heterocycles. The normalized spacial score (nSPS) is 14.5. The van der Waals surface area contributed by atoms with Crippen LogP contribution in [0.5, 0.6) is 0 Å². The second-order valence-electron chi connectivity index (χ2n) is 4.10. The third-order valence-corrected chi connectivity index (χ3v) is 2.79. The molecule has 2 atom stereocenters. The van der Waals surface area contributed by atoms with Crippen molar-refractivity contribution in [3.8, 4) is 0 Å². The Kier molecular flexibility index (Phi) is 6.82. The molecule has 0 fully saturated rings. The summed E-state index contributed by atoms with van der Waals surface area (Å²) in [4.78, 5) is 4.41. The zero-order valence-corrected chi connectivity index (χ0v) is 11.1. The first kappa shape index (κ1) is 14.1. The number of nitrogens with zero attached hydrogens (tertiary/aromatic N) is 1. The number of hydrogen-bond donors (Lipinski definition) is 1. The Morgan fingerprint density at radius 2 is 2.12 bits per heavy atom. The zero-order chi connectivity index (χ0) is 12.5. The van der Waals surface area contributed by atoms with Crippen molar-refractivity contribution >= 4 is 0 Å². The van der Waals surface area contributed by atoms with E-state index in [1.165, 1.54) is 0 Å². The van der Waals surface area contributed by atoms with E-state index in [9.17, 15) is 0 Å². The summed E-state index contributed by atoms with van der Waals surface area (Å²) in [7, 11) is 0. The van der Waals surface area contributed by atoms with E-state index in [0.717, 1.165) is 25.1 Å². The van der Waals surface area contributed by atoms with Crippen molar-refractivity contribution in [3.05, 3.63) is 30.1 Å². The summed E-state index contributed by atoms with van der Waals surface area (Å²) in [5.74, 6) is 0. The maximum atomic E-state index is 5.85. The fraction of sp³-hybridized carbons (Fsp3) is 0.643. The van der Waals surface area contributed by atoms with Gasteiger partial charge in [-0.3, -0.25) is 4.98 Å². The van der Waals surface area contributed by atoms with Crippen molar-refractivity contribution in [2.75, 3.05) is 13.2 Å². The van der Waals surface area contributed by atoms with Crippen LogP contribution in [0.1, 0.15) is 45.4 Å². The van der Waals surface area contributed by atoms with E-state index in [1.54, 1.807) is 0 Å². The van der Waals surface area contributed by atoms with E-state index in [0.29, 0.717) is 12.6 Å². The third-order valence-electron chi connectivity index (χ3n) is 2.79. The van der Waals surface area contributed by atoms with Crippen molar-refractivity contribution in [2.24, 2.45) is 0 Å². The van der Waals surface area contributed by atoms with Gasteiger partial charge < -0.3 is 10.1 Å². The lowest BCUT2D eigenvalue weighted by Gasteiger charge is -2.26. The van der Waals surface area contributed by atoms with Crippen LogP contribution in [0, 0.1) is 0 Å². The molecule has 1 rings (SSSR count). The standard InChI is InChI=1S/C14H24N2O/c1-4-10-15-12(5-2)14(17-6-3)13-9-7-8-11-16-13/h7-9,11-12,14-15H,4-6,10H2,1-3H3. The van der Waals surface area contributed by atoms with Crippen LogP contribution < -0.4 is 5.32 Å². The van der Waals surface area contributed by atoms with Crippen LogP contribution in [0.2, 0.25) is 0 Å². The maximum Gasteiger partial charge on any atom is 0.115 e. The molecular formula is C14H24N2O. The van der Waals surface area contributed by atoms with Crippen LogP contribution in [0.25, 0.3) is 0 Å². The molecule has 0 radical (unpaired) electrons. The minimum Gasteiger partial charge on any atom is -0.371 e. The Bertz CT molecular complexity index is 290. The molecule has 1 aromatic rings. The minimum atomic E-state index is 0.0535. The Labute approximate surface area is 105 Å². The van der Waals surface area contributed by atoms with Gasteiger partial charge in [-0.1, -0.05) is 19.9 Å². The van der Waals surface area contributed by atoms with E-state index in [-0.39, 0.29) is 6.10 Å². The predicted molar refractivity (Wildman–Crippen MR) is 71.0 cm³/mol. The third kappa shape index (κ3) is 4.44. The van der Waals surface area contributed by atoms with Crippen LogP contribution in [-0.4, -0.2) is 24.2 Å².